The van der Waals surface area contributed by atoms with Crippen molar-refractivity contribution in [2.24, 2.45) is 0 Å². The smallest absolute Gasteiger partial charge is 0.0518 e. The average Bonchev–Trinajstić information content (AvgIpc) is 1.88. The molecule has 0 aliphatic rings. The SMILES string of the molecule is CC(=N)C(=N)CCCC=N. The van der Waals surface area contributed by atoms with Crippen LogP contribution in [0.3, 0.4) is 0 Å². The van der Waals surface area contributed by atoms with Gasteiger partial charge in [0, 0.05) is 5.71 Å². The van der Waals surface area contributed by atoms with Gasteiger partial charge in [0.05, 0.1) is 5.71 Å². The van der Waals surface area contributed by atoms with Gasteiger partial charge < -0.3 is 16.2 Å². The van der Waals surface area contributed by atoms with Gasteiger partial charge in [-0.3, -0.25) is 0 Å². The molecule has 56 valence electrons. The Bertz CT molecular complexity index is 149. The summed E-state index contributed by atoms with van der Waals surface area (Å²) < 4.78 is 0. The van der Waals surface area contributed by atoms with E-state index in [4.69, 9.17) is 16.2 Å². The normalized spacial score (nSPS) is 8.90. The van der Waals surface area contributed by atoms with Gasteiger partial charge in [0.15, 0.2) is 0 Å². The van der Waals surface area contributed by atoms with Gasteiger partial charge in [-0.1, -0.05) is 0 Å². The molecule has 3 N–H and O–H groups in total. The molecule has 0 amide bonds. The standard InChI is InChI=1S/C7H13N3/c1-6(9)7(10)4-2-3-5-8/h5,8-10H,2-4H2,1H3. The molecule has 0 rings (SSSR count). The molecule has 0 atom stereocenters. The lowest BCUT2D eigenvalue weighted by Crippen LogP contribution is -2.06. The Kier molecular flexibility index (Phi) is 4.37. The molecule has 10 heavy (non-hydrogen) atoms. The fourth-order valence-electron chi connectivity index (χ4n) is 0.568. The van der Waals surface area contributed by atoms with Crippen molar-refractivity contribution in [1.82, 2.24) is 0 Å². The highest BCUT2D eigenvalue weighted by atomic mass is 14.5. The van der Waals surface area contributed by atoms with Crippen LogP contribution in [0.4, 0.5) is 0 Å². The summed E-state index contributed by atoms with van der Waals surface area (Å²) in [5.74, 6) is 0. The quantitative estimate of drug-likeness (QED) is 0.384. The van der Waals surface area contributed by atoms with Crippen LogP contribution in [0.1, 0.15) is 26.2 Å². The van der Waals surface area contributed by atoms with Crippen molar-refractivity contribution in [1.29, 1.82) is 16.2 Å². The van der Waals surface area contributed by atoms with E-state index in [2.05, 4.69) is 0 Å². The van der Waals surface area contributed by atoms with Crippen LogP contribution in [0.2, 0.25) is 0 Å². The molecule has 0 saturated heterocycles. The fourth-order valence-corrected chi connectivity index (χ4v) is 0.568. The molecule has 3 heteroatoms. The summed E-state index contributed by atoms with van der Waals surface area (Å²) in [6, 6.07) is 0. The highest BCUT2D eigenvalue weighted by molar-refractivity contribution is 6.38. The Morgan fingerprint density at radius 1 is 1.40 bits per heavy atom. The van der Waals surface area contributed by atoms with Crippen LogP contribution in [0, 0.1) is 16.2 Å². The number of unbranched alkanes of at least 4 members (excludes halogenated alkanes) is 1. The van der Waals surface area contributed by atoms with E-state index >= 15 is 0 Å². The summed E-state index contributed by atoms with van der Waals surface area (Å²) in [6.07, 6.45) is 3.51. The zero-order chi connectivity index (χ0) is 7.98. The fraction of sp³-hybridized carbons (Fsp3) is 0.571. The second-order valence-electron chi connectivity index (χ2n) is 2.20. The zero-order valence-corrected chi connectivity index (χ0v) is 6.20. The molecule has 0 spiro atoms. The van der Waals surface area contributed by atoms with Gasteiger partial charge in [-0.05, 0) is 32.4 Å². The largest absolute Gasteiger partial charge is 0.313 e. The van der Waals surface area contributed by atoms with E-state index < -0.39 is 0 Å². The molecular weight excluding hydrogens is 126 g/mol. The molecule has 0 aromatic heterocycles. The Labute approximate surface area is 61.0 Å². The van der Waals surface area contributed by atoms with Gasteiger partial charge in [0.2, 0.25) is 0 Å². The topological polar surface area (TPSA) is 71.6 Å². The predicted octanol–water partition coefficient (Wildman–Crippen LogP) is 1.87. The van der Waals surface area contributed by atoms with E-state index in [1.807, 2.05) is 0 Å². The number of hydrogen-bond donors (Lipinski definition) is 3. The lowest BCUT2D eigenvalue weighted by Gasteiger charge is -1.97. The van der Waals surface area contributed by atoms with E-state index in [0.717, 1.165) is 12.8 Å². The van der Waals surface area contributed by atoms with Crippen LogP contribution >= 0.6 is 0 Å². The first-order valence-electron chi connectivity index (χ1n) is 3.30. The maximum absolute atomic E-state index is 7.22. The minimum atomic E-state index is 0.338. The average molecular weight is 139 g/mol. The van der Waals surface area contributed by atoms with Crippen molar-refractivity contribution in [3.8, 4) is 0 Å². The maximum Gasteiger partial charge on any atom is 0.0518 e. The molecule has 0 aromatic carbocycles. The highest BCUT2D eigenvalue weighted by Gasteiger charge is 1.96. The number of rotatable bonds is 5. The highest BCUT2D eigenvalue weighted by Crippen LogP contribution is 1.94. The van der Waals surface area contributed by atoms with E-state index in [0.29, 0.717) is 17.8 Å². The van der Waals surface area contributed by atoms with Gasteiger partial charge in [0.25, 0.3) is 0 Å². The molecule has 3 nitrogen and oxygen atoms in total. The second-order valence-corrected chi connectivity index (χ2v) is 2.20. The van der Waals surface area contributed by atoms with Crippen LogP contribution in [0.15, 0.2) is 0 Å². The maximum atomic E-state index is 7.22. The van der Waals surface area contributed by atoms with Crippen LogP contribution in [-0.4, -0.2) is 17.6 Å². The van der Waals surface area contributed by atoms with Crippen LogP contribution in [0.25, 0.3) is 0 Å². The third-order valence-electron chi connectivity index (χ3n) is 1.23. The van der Waals surface area contributed by atoms with Crippen molar-refractivity contribution >= 4 is 17.6 Å². The van der Waals surface area contributed by atoms with Crippen molar-refractivity contribution in [2.45, 2.75) is 26.2 Å². The summed E-state index contributed by atoms with van der Waals surface area (Å²) in [6.45, 7) is 1.62. The van der Waals surface area contributed by atoms with Crippen LogP contribution < -0.4 is 0 Å². The van der Waals surface area contributed by atoms with Crippen LogP contribution in [-0.2, 0) is 0 Å². The molecule has 0 aliphatic heterocycles. The van der Waals surface area contributed by atoms with Crippen molar-refractivity contribution < 1.29 is 0 Å². The van der Waals surface area contributed by atoms with E-state index in [1.165, 1.54) is 6.21 Å². The predicted molar refractivity (Wildman–Crippen MR) is 43.8 cm³/mol. The lowest BCUT2D eigenvalue weighted by atomic mass is 10.1. The molecule has 0 unspecified atom stereocenters. The Balaban J connectivity index is 3.40. The summed E-state index contributed by atoms with van der Waals surface area (Å²) >= 11 is 0. The minimum absolute atomic E-state index is 0.338. The van der Waals surface area contributed by atoms with Gasteiger partial charge in [-0.15, -0.1) is 0 Å². The van der Waals surface area contributed by atoms with E-state index in [-0.39, 0.29) is 0 Å². The van der Waals surface area contributed by atoms with Crippen molar-refractivity contribution in [2.75, 3.05) is 0 Å². The van der Waals surface area contributed by atoms with Gasteiger partial charge >= 0.3 is 0 Å². The Morgan fingerprint density at radius 2 is 2.00 bits per heavy atom. The Hall–Kier alpha value is -0.990. The third-order valence-corrected chi connectivity index (χ3v) is 1.23. The van der Waals surface area contributed by atoms with Crippen molar-refractivity contribution in [3.05, 3.63) is 0 Å². The summed E-state index contributed by atoms with van der Waals surface area (Å²) in [5.41, 5.74) is 0.729. The van der Waals surface area contributed by atoms with Crippen LogP contribution in [0.5, 0.6) is 0 Å². The molecule has 0 radical (unpaired) electrons. The first-order valence-corrected chi connectivity index (χ1v) is 3.30. The molecular formula is C7H13N3. The van der Waals surface area contributed by atoms with Gasteiger partial charge in [-0.2, -0.15) is 0 Å². The first-order chi connectivity index (χ1) is 4.68. The summed E-state index contributed by atoms with van der Waals surface area (Å²) in [4.78, 5) is 0. The summed E-state index contributed by atoms with van der Waals surface area (Å²) in [7, 11) is 0. The molecule has 0 heterocycles. The minimum Gasteiger partial charge on any atom is -0.313 e. The summed E-state index contributed by atoms with van der Waals surface area (Å²) in [5, 5.41) is 21.0. The third kappa shape index (κ3) is 3.95. The number of hydrogen-bond acceptors (Lipinski definition) is 3. The van der Waals surface area contributed by atoms with Crippen molar-refractivity contribution in [3.63, 3.8) is 0 Å². The first kappa shape index (κ1) is 9.01. The Morgan fingerprint density at radius 3 is 2.40 bits per heavy atom. The van der Waals surface area contributed by atoms with Gasteiger partial charge in [-0.25, -0.2) is 0 Å². The molecule has 0 saturated carbocycles. The van der Waals surface area contributed by atoms with E-state index in [1.54, 1.807) is 6.92 Å². The zero-order valence-electron chi connectivity index (χ0n) is 6.20. The molecule has 0 aliphatic carbocycles. The molecule has 0 aromatic rings. The lowest BCUT2D eigenvalue weighted by molar-refractivity contribution is 0.929. The second kappa shape index (κ2) is 4.85. The number of nitrogens with one attached hydrogen (secondary N) is 3. The van der Waals surface area contributed by atoms with E-state index in [9.17, 15) is 0 Å². The molecule has 0 fully saturated rings. The van der Waals surface area contributed by atoms with Gasteiger partial charge in [0.1, 0.15) is 0 Å². The molecule has 0 bridgehead atoms. The monoisotopic (exact) mass is 139 g/mol.